The Bertz CT molecular complexity index is 163. The molecule has 2 heteroatoms. The van der Waals surface area contributed by atoms with Crippen LogP contribution in [0.3, 0.4) is 0 Å². The molecule has 0 radical (unpaired) electrons. The lowest BCUT2D eigenvalue weighted by Crippen LogP contribution is -2.61. The zero-order valence-corrected chi connectivity index (χ0v) is 6.05. The van der Waals surface area contributed by atoms with E-state index in [9.17, 15) is 4.79 Å². The Morgan fingerprint density at radius 1 is 1.50 bits per heavy atom. The van der Waals surface area contributed by atoms with Gasteiger partial charge in [0.1, 0.15) is 6.29 Å². The molecule has 2 rings (SSSR count). The zero-order chi connectivity index (χ0) is 7.19. The summed E-state index contributed by atoms with van der Waals surface area (Å²) in [5, 5.41) is 0. The Morgan fingerprint density at radius 3 is 2.40 bits per heavy atom. The molecular formula is C8H13NO. The van der Waals surface area contributed by atoms with E-state index < -0.39 is 0 Å². The Labute approximate surface area is 60.8 Å². The number of carbonyl (C=O) groups excluding carboxylic acids is 1. The predicted molar refractivity (Wildman–Crippen MR) is 38.4 cm³/mol. The predicted octanol–water partition coefficient (Wildman–Crippen LogP) is 0.703. The summed E-state index contributed by atoms with van der Waals surface area (Å²) < 4.78 is 0. The van der Waals surface area contributed by atoms with Crippen LogP contribution in [-0.4, -0.2) is 12.3 Å². The van der Waals surface area contributed by atoms with Crippen LogP contribution in [0.25, 0.3) is 0 Å². The molecule has 2 fully saturated rings. The number of hydrogen-bond donors (Lipinski definition) is 1. The summed E-state index contributed by atoms with van der Waals surface area (Å²) in [6.07, 6.45) is 5.69. The number of carbonyl (C=O) groups is 1. The molecule has 0 aromatic heterocycles. The van der Waals surface area contributed by atoms with Crippen molar-refractivity contribution in [1.29, 1.82) is 0 Å². The lowest BCUT2D eigenvalue weighted by atomic mass is 9.47. The molecule has 0 amide bonds. The van der Waals surface area contributed by atoms with Crippen molar-refractivity contribution in [2.75, 3.05) is 0 Å². The zero-order valence-electron chi connectivity index (χ0n) is 6.05. The topological polar surface area (TPSA) is 43.1 Å². The monoisotopic (exact) mass is 139 g/mol. The normalized spacial score (nSPS) is 42.1. The SMILES string of the molecule is NC1CC(C=O)C12CCC2. The molecule has 1 spiro atoms. The summed E-state index contributed by atoms with van der Waals surface area (Å²) in [4.78, 5) is 10.5. The van der Waals surface area contributed by atoms with Gasteiger partial charge in [-0.05, 0) is 24.7 Å². The molecule has 2 saturated carbocycles. The maximum Gasteiger partial charge on any atom is 0.123 e. The van der Waals surface area contributed by atoms with Gasteiger partial charge in [0.15, 0.2) is 0 Å². The number of hydrogen-bond acceptors (Lipinski definition) is 2. The summed E-state index contributed by atoms with van der Waals surface area (Å²) in [6, 6.07) is 0.330. The fraction of sp³-hybridized carbons (Fsp3) is 0.875. The third-order valence-electron chi connectivity index (χ3n) is 3.43. The maximum atomic E-state index is 10.5. The third kappa shape index (κ3) is 0.511. The van der Waals surface area contributed by atoms with Gasteiger partial charge in [0.2, 0.25) is 0 Å². The fourth-order valence-electron chi connectivity index (χ4n) is 2.38. The van der Waals surface area contributed by atoms with Gasteiger partial charge in [-0.1, -0.05) is 6.42 Å². The van der Waals surface area contributed by atoms with E-state index in [1.807, 2.05) is 0 Å². The number of aldehydes is 1. The molecule has 56 valence electrons. The Kier molecular flexibility index (Phi) is 1.15. The summed E-state index contributed by atoms with van der Waals surface area (Å²) >= 11 is 0. The first-order chi connectivity index (χ1) is 4.79. The Morgan fingerprint density at radius 2 is 2.20 bits per heavy atom. The van der Waals surface area contributed by atoms with Crippen molar-refractivity contribution in [1.82, 2.24) is 0 Å². The van der Waals surface area contributed by atoms with Gasteiger partial charge >= 0.3 is 0 Å². The second-order valence-corrected chi connectivity index (χ2v) is 3.67. The summed E-state index contributed by atoms with van der Waals surface area (Å²) in [5.41, 5.74) is 6.11. The molecule has 0 bridgehead atoms. The molecule has 2 atom stereocenters. The standard InChI is InChI=1S/C8H13NO/c9-7-4-6(5-10)8(7)2-1-3-8/h5-7H,1-4,9H2. The Hall–Kier alpha value is -0.370. The summed E-state index contributed by atoms with van der Waals surface area (Å²) in [7, 11) is 0. The van der Waals surface area contributed by atoms with Gasteiger partial charge in [-0.2, -0.15) is 0 Å². The first-order valence-corrected chi connectivity index (χ1v) is 4.00. The highest BCUT2D eigenvalue weighted by Gasteiger charge is 2.56. The van der Waals surface area contributed by atoms with Gasteiger partial charge in [-0.25, -0.2) is 0 Å². The van der Waals surface area contributed by atoms with Gasteiger partial charge in [-0.15, -0.1) is 0 Å². The minimum absolute atomic E-state index is 0.280. The molecular weight excluding hydrogens is 126 g/mol. The van der Waals surface area contributed by atoms with Crippen molar-refractivity contribution < 1.29 is 4.79 Å². The highest BCUT2D eigenvalue weighted by Crippen LogP contribution is 2.58. The van der Waals surface area contributed by atoms with Gasteiger partial charge in [0, 0.05) is 12.0 Å². The molecule has 0 aliphatic heterocycles. The average Bonchev–Trinajstić information content (AvgIpc) is 1.78. The van der Waals surface area contributed by atoms with E-state index in [2.05, 4.69) is 0 Å². The molecule has 2 aliphatic carbocycles. The van der Waals surface area contributed by atoms with Gasteiger partial charge < -0.3 is 10.5 Å². The lowest BCUT2D eigenvalue weighted by molar-refractivity contribution is -0.132. The van der Waals surface area contributed by atoms with Crippen LogP contribution in [-0.2, 0) is 4.79 Å². The van der Waals surface area contributed by atoms with Crippen LogP contribution < -0.4 is 5.73 Å². The van der Waals surface area contributed by atoms with Crippen molar-refractivity contribution in [3.05, 3.63) is 0 Å². The highest BCUT2D eigenvalue weighted by molar-refractivity contribution is 5.58. The molecule has 2 unspecified atom stereocenters. The van der Waals surface area contributed by atoms with Crippen molar-refractivity contribution >= 4 is 6.29 Å². The molecule has 2 N–H and O–H groups in total. The number of rotatable bonds is 1. The summed E-state index contributed by atoms with van der Waals surface area (Å²) in [5.74, 6) is 0.302. The Balaban J connectivity index is 2.09. The second-order valence-electron chi connectivity index (χ2n) is 3.67. The first kappa shape index (κ1) is 6.35. The van der Waals surface area contributed by atoms with Crippen LogP contribution in [0, 0.1) is 11.3 Å². The fourth-order valence-corrected chi connectivity index (χ4v) is 2.38. The molecule has 2 aliphatic rings. The van der Waals surface area contributed by atoms with Crippen LogP contribution in [0.4, 0.5) is 0 Å². The van der Waals surface area contributed by atoms with E-state index in [0.29, 0.717) is 12.0 Å². The first-order valence-electron chi connectivity index (χ1n) is 4.00. The van der Waals surface area contributed by atoms with E-state index >= 15 is 0 Å². The van der Waals surface area contributed by atoms with E-state index in [1.165, 1.54) is 19.3 Å². The smallest absolute Gasteiger partial charge is 0.123 e. The molecule has 0 aromatic rings. The van der Waals surface area contributed by atoms with E-state index in [0.717, 1.165) is 12.7 Å². The molecule has 2 nitrogen and oxygen atoms in total. The van der Waals surface area contributed by atoms with Gasteiger partial charge in [-0.3, -0.25) is 0 Å². The minimum Gasteiger partial charge on any atom is -0.327 e. The van der Waals surface area contributed by atoms with E-state index in [-0.39, 0.29) is 5.41 Å². The third-order valence-corrected chi connectivity index (χ3v) is 3.43. The molecule has 0 heterocycles. The largest absolute Gasteiger partial charge is 0.327 e. The van der Waals surface area contributed by atoms with Crippen molar-refractivity contribution in [3.63, 3.8) is 0 Å². The van der Waals surface area contributed by atoms with Gasteiger partial charge in [0.05, 0.1) is 0 Å². The van der Waals surface area contributed by atoms with Crippen LogP contribution in [0.2, 0.25) is 0 Å². The number of nitrogens with two attached hydrogens (primary N) is 1. The van der Waals surface area contributed by atoms with Crippen LogP contribution in [0.5, 0.6) is 0 Å². The van der Waals surface area contributed by atoms with Gasteiger partial charge in [0.25, 0.3) is 0 Å². The highest BCUT2D eigenvalue weighted by atomic mass is 16.1. The maximum absolute atomic E-state index is 10.5. The van der Waals surface area contributed by atoms with E-state index in [4.69, 9.17) is 5.73 Å². The van der Waals surface area contributed by atoms with Crippen molar-refractivity contribution in [3.8, 4) is 0 Å². The minimum atomic E-state index is 0.280. The van der Waals surface area contributed by atoms with Crippen molar-refractivity contribution in [2.45, 2.75) is 31.7 Å². The molecule has 0 saturated heterocycles. The van der Waals surface area contributed by atoms with Crippen LogP contribution in [0.1, 0.15) is 25.7 Å². The van der Waals surface area contributed by atoms with Crippen LogP contribution >= 0.6 is 0 Å². The van der Waals surface area contributed by atoms with E-state index in [1.54, 1.807) is 0 Å². The average molecular weight is 139 g/mol. The molecule has 0 aromatic carbocycles. The van der Waals surface area contributed by atoms with Crippen molar-refractivity contribution in [2.24, 2.45) is 17.1 Å². The second kappa shape index (κ2) is 1.82. The lowest BCUT2D eigenvalue weighted by Gasteiger charge is -2.58. The summed E-state index contributed by atoms with van der Waals surface area (Å²) in [6.45, 7) is 0. The molecule has 10 heavy (non-hydrogen) atoms. The van der Waals surface area contributed by atoms with Crippen LogP contribution in [0.15, 0.2) is 0 Å². The quantitative estimate of drug-likeness (QED) is 0.543.